The van der Waals surface area contributed by atoms with E-state index in [9.17, 15) is 14.4 Å². The van der Waals surface area contributed by atoms with Gasteiger partial charge in [0, 0.05) is 42.8 Å². The standard InChI is InChI=1S/C40H39N5O6/c1-5-44(24-28-9-8-10-30(19-28)45-23-26(2)41-25-45)18-17-27-13-15-29(16-14-27)42-39(47)32-20-36(49-3)37(50-4)21-33(32)43-40(48)38-22-34(46)31-11-6-7-12-35(31)51-38/h6-16,19-23,25H,5,17-18,24H2,1-4H3,(H,42,47)(H,43,48). The zero-order chi connectivity index (χ0) is 35.9. The second-order valence-corrected chi connectivity index (χ2v) is 12.0. The summed E-state index contributed by atoms with van der Waals surface area (Å²) in [5.74, 6) is -0.780. The van der Waals surface area contributed by atoms with E-state index >= 15 is 0 Å². The van der Waals surface area contributed by atoms with Crippen molar-refractivity contribution in [2.75, 3.05) is 37.9 Å². The summed E-state index contributed by atoms with van der Waals surface area (Å²) in [7, 11) is 2.91. The molecule has 0 saturated carbocycles. The van der Waals surface area contributed by atoms with E-state index in [2.05, 4.69) is 51.7 Å². The molecule has 0 spiro atoms. The minimum Gasteiger partial charge on any atom is -0.493 e. The predicted octanol–water partition coefficient (Wildman–Crippen LogP) is 6.87. The first kappa shape index (κ1) is 34.7. The molecule has 2 N–H and O–H groups in total. The molecule has 0 aliphatic carbocycles. The van der Waals surface area contributed by atoms with E-state index in [-0.39, 0.29) is 28.0 Å². The largest absolute Gasteiger partial charge is 0.493 e. The van der Waals surface area contributed by atoms with Crippen molar-refractivity contribution in [2.24, 2.45) is 0 Å². The van der Waals surface area contributed by atoms with Crippen LogP contribution in [0, 0.1) is 6.92 Å². The van der Waals surface area contributed by atoms with Crippen LogP contribution in [0.4, 0.5) is 11.4 Å². The van der Waals surface area contributed by atoms with E-state index in [1.807, 2.05) is 48.3 Å². The van der Waals surface area contributed by atoms with Crippen LogP contribution < -0.4 is 25.5 Å². The number of rotatable bonds is 13. The molecule has 0 fully saturated rings. The molecule has 6 rings (SSSR count). The Labute approximate surface area is 295 Å². The monoisotopic (exact) mass is 685 g/mol. The van der Waals surface area contributed by atoms with Gasteiger partial charge in [0.05, 0.1) is 42.9 Å². The summed E-state index contributed by atoms with van der Waals surface area (Å²) < 4.78 is 18.6. The van der Waals surface area contributed by atoms with Crippen molar-refractivity contribution in [3.05, 3.63) is 142 Å². The number of carbonyl (C=O) groups is 2. The van der Waals surface area contributed by atoms with Gasteiger partial charge in [-0.3, -0.25) is 19.3 Å². The predicted molar refractivity (Wildman–Crippen MR) is 197 cm³/mol. The quantitative estimate of drug-likeness (QED) is 0.135. The number of fused-ring (bicyclic) bond motifs is 1. The molecule has 11 heteroatoms. The third-order valence-corrected chi connectivity index (χ3v) is 8.58. The van der Waals surface area contributed by atoms with Crippen molar-refractivity contribution < 1.29 is 23.5 Å². The Bertz CT molecular complexity index is 2240. The van der Waals surface area contributed by atoms with Crippen LogP contribution in [0.3, 0.4) is 0 Å². The minimum absolute atomic E-state index is 0.124. The molecule has 0 unspecified atom stereocenters. The lowest BCUT2D eigenvalue weighted by Gasteiger charge is -2.21. The van der Waals surface area contributed by atoms with Crippen LogP contribution in [0.1, 0.15) is 44.7 Å². The van der Waals surface area contributed by atoms with Crippen molar-refractivity contribution in [1.82, 2.24) is 14.5 Å². The van der Waals surface area contributed by atoms with Crippen molar-refractivity contribution in [1.29, 1.82) is 0 Å². The van der Waals surface area contributed by atoms with Gasteiger partial charge in [-0.25, -0.2) is 4.98 Å². The van der Waals surface area contributed by atoms with Gasteiger partial charge in [-0.05, 0) is 73.5 Å². The molecular weight excluding hydrogens is 646 g/mol. The Morgan fingerprint density at radius 1 is 0.863 bits per heavy atom. The Kier molecular flexibility index (Phi) is 10.6. The van der Waals surface area contributed by atoms with Gasteiger partial charge >= 0.3 is 0 Å². The number of nitrogens with zero attached hydrogens (tertiary/aromatic N) is 3. The normalized spacial score (nSPS) is 11.1. The summed E-state index contributed by atoms with van der Waals surface area (Å²) in [6.45, 7) is 6.73. The van der Waals surface area contributed by atoms with Crippen molar-refractivity contribution >= 4 is 34.2 Å². The molecule has 0 bridgehead atoms. The fourth-order valence-corrected chi connectivity index (χ4v) is 5.80. The first-order chi connectivity index (χ1) is 24.7. The van der Waals surface area contributed by atoms with Gasteiger partial charge in [-0.1, -0.05) is 43.3 Å². The Hall–Kier alpha value is -6.20. The van der Waals surface area contributed by atoms with E-state index in [1.54, 1.807) is 24.3 Å². The second-order valence-electron chi connectivity index (χ2n) is 12.0. The Morgan fingerprint density at radius 3 is 2.35 bits per heavy atom. The maximum atomic E-state index is 13.6. The van der Waals surface area contributed by atoms with Gasteiger partial charge in [-0.15, -0.1) is 0 Å². The van der Waals surface area contributed by atoms with Crippen LogP contribution in [0.2, 0.25) is 0 Å². The number of para-hydroxylation sites is 1. The maximum Gasteiger partial charge on any atom is 0.291 e. The van der Waals surface area contributed by atoms with Crippen LogP contribution in [0.5, 0.6) is 11.5 Å². The van der Waals surface area contributed by atoms with E-state index in [0.717, 1.165) is 49.1 Å². The van der Waals surface area contributed by atoms with E-state index < -0.39 is 11.8 Å². The van der Waals surface area contributed by atoms with Gasteiger partial charge in [0.2, 0.25) is 0 Å². The first-order valence-electron chi connectivity index (χ1n) is 16.6. The third kappa shape index (κ3) is 8.17. The van der Waals surface area contributed by atoms with E-state index in [0.29, 0.717) is 22.6 Å². The third-order valence-electron chi connectivity index (χ3n) is 8.58. The number of carbonyl (C=O) groups excluding carboxylic acids is 2. The molecule has 0 aliphatic rings. The lowest BCUT2D eigenvalue weighted by molar-refractivity contribution is 0.0997. The summed E-state index contributed by atoms with van der Waals surface area (Å²) in [4.78, 5) is 46.3. The van der Waals surface area contributed by atoms with Crippen LogP contribution in [0.15, 0.2) is 113 Å². The molecule has 6 aromatic rings. The number of methoxy groups -OCH3 is 2. The van der Waals surface area contributed by atoms with Crippen molar-refractivity contribution in [3.63, 3.8) is 0 Å². The number of benzene rings is 4. The highest BCUT2D eigenvalue weighted by Gasteiger charge is 2.21. The molecule has 4 aromatic carbocycles. The summed E-state index contributed by atoms with van der Waals surface area (Å²) in [6.07, 6.45) is 4.68. The number of hydrogen-bond donors (Lipinski definition) is 2. The zero-order valence-electron chi connectivity index (χ0n) is 28.9. The second kappa shape index (κ2) is 15.6. The number of imidazole rings is 1. The average Bonchev–Trinajstić information content (AvgIpc) is 3.59. The van der Waals surface area contributed by atoms with E-state index in [4.69, 9.17) is 13.9 Å². The number of likely N-dealkylation sites (N-methyl/N-ethyl adjacent to an activating group) is 1. The number of nitrogens with one attached hydrogen (secondary N) is 2. The molecule has 0 radical (unpaired) electrons. The zero-order valence-corrected chi connectivity index (χ0v) is 28.9. The fourth-order valence-electron chi connectivity index (χ4n) is 5.80. The van der Waals surface area contributed by atoms with Crippen molar-refractivity contribution in [2.45, 2.75) is 26.8 Å². The highest BCUT2D eigenvalue weighted by molar-refractivity contribution is 6.12. The summed E-state index contributed by atoms with van der Waals surface area (Å²) in [5.41, 5.74) is 5.19. The van der Waals surface area contributed by atoms with Crippen molar-refractivity contribution in [3.8, 4) is 17.2 Å². The maximum absolute atomic E-state index is 13.6. The van der Waals surface area contributed by atoms with Gasteiger partial charge in [0.1, 0.15) is 5.58 Å². The minimum atomic E-state index is -0.703. The number of anilines is 2. The topological polar surface area (TPSA) is 128 Å². The number of amides is 2. The molecule has 51 heavy (non-hydrogen) atoms. The van der Waals surface area contributed by atoms with Gasteiger partial charge in [-0.2, -0.15) is 0 Å². The Morgan fingerprint density at radius 2 is 1.63 bits per heavy atom. The molecule has 2 aromatic heterocycles. The first-order valence-corrected chi connectivity index (χ1v) is 16.6. The molecule has 2 heterocycles. The number of aryl methyl sites for hydroxylation is 1. The van der Waals surface area contributed by atoms with Gasteiger partial charge < -0.3 is 29.1 Å². The highest BCUT2D eigenvalue weighted by atomic mass is 16.5. The van der Waals surface area contributed by atoms with Gasteiger partial charge in [0.25, 0.3) is 11.8 Å². The lowest BCUT2D eigenvalue weighted by atomic mass is 10.1. The van der Waals surface area contributed by atoms with E-state index in [1.165, 1.54) is 31.9 Å². The van der Waals surface area contributed by atoms with Crippen LogP contribution in [-0.4, -0.2) is 53.6 Å². The molecule has 260 valence electrons. The van der Waals surface area contributed by atoms with Crippen LogP contribution in [-0.2, 0) is 13.0 Å². The summed E-state index contributed by atoms with van der Waals surface area (Å²) >= 11 is 0. The molecular formula is C40H39N5O6. The van der Waals surface area contributed by atoms with Gasteiger partial charge in [0.15, 0.2) is 22.7 Å². The summed E-state index contributed by atoms with van der Waals surface area (Å²) in [6, 6.07) is 26.9. The number of aromatic nitrogens is 2. The summed E-state index contributed by atoms with van der Waals surface area (Å²) in [5, 5.41) is 5.98. The molecule has 0 aliphatic heterocycles. The SMILES string of the molecule is CCN(CCc1ccc(NC(=O)c2cc(OC)c(OC)cc2NC(=O)c2cc(=O)c3ccccc3o2)cc1)Cc1cccc(-n2cnc(C)c2)c1. The fraction of sp³-hybridized carbons (Fsp3) is 0.200. The average molecular weight is 686 g/mol. The number of ether oxygens (including phenoxy) is 2. The van der Waals surface area contributed by atoms with Crippen LogP contribution >= 0.6 is 0 Å². The molecule has 0 atom stereocenters. The molecule has 2 amide bonds. The highest BCUT2D eigenvalue weighted by Crippen LogP contribution is 2.34. The molecule has 11 nitrogen and oxygen atoms in total. The van der Waals surface area contributed by atoms with Crippen LogP contribution in [0.25, 0.3) is 16.7 Å². The molecule has 0 saturated heterocycles. The number of hydrogen-bond acceptors (Lipinski definition) is 8. The lowest BCUT2D eigenvalue weighted by Crippen LogP contribution is -2.25. The Balaban J connectivity index is 1.13. The smallest absolute Gasteiger partial charge is 0.291 e.